The summed E-state index contributed by atoms with van der Waals surface area (Å²) < 4.78 is 14.4. The summed E-state index contributed by atoms with van der Waals surface area (Å²) in [5.41, 5.74) is 0. The van der Waals surface area contributed by atoms with Crippen LogP contribution in [0, 0.1) is 0 Å². The molecule has 0 bridgehead atoms. The summed E-state index contributed by atoms with van der Waals surface area (Å²) >= 11 is 9.96. The van der Waals surface area contributed by atoms with Crippen LogP contribution < -0.4 is 0 Å². The molecule has 0 aromatic rings. The van der Waals surface area contributed by atoms with Crippen LogP contribution in [0.25, 0.3) is 0 Å². The lowest BCUT2D eigenvalue weighted by atomic mass is 10.7. The molecule has 12 heavy (non-hydrogen) atoms. The number of halogens is 1. The van der Waals surface area contributed by atoms with Crippen molar-refractivity contribution in [3.05, 3.63) is 25.3 Å². The molecule has 0 aromatic carbocycles. The lowest BCUT2D eigenvalue weighted by Crippen LogP contribution is -1.95. The van der Waals surface area contributed by atoms with Gasteiger partial charge in [0.05, 0.1) is 25.1 Å². The third-order valence-corrected chi connectivity index (χ3v) is 3.53. The molecule has 6 heteroatoms. The predicted molar refractivity (Wildman–Crippen MR) is 53.5 cm³/mol. The van der Waals surface area contributed by atoms with Crippen molar-refractivity contribution in [3.8, 4) is 0 Å². The molecule has 0 aliphatic rings. The standard InChI is InChI=1S/C6H10ClO3PS/c1-3-5-8-11(12,10-7)9-6-4-2/h3-4H,1-2,5-6H2. The molecule has 0 fully saturated rings. The van der Waals surface area contributed by atoms with Gasteiger partial charge in [0.2, 0.25) is 0 Å². The first-order chi connectivity index (χ1) is 5.68. The van der Waals surface area contributed by atoms with E-state index in [1.807, 2.05) is 0 Å². The van der Waals surface area contributed by atoms with Gasteiger partial charge in [-0.1, -0.05) is 12.2 Å². The minimum atomic E-state index is -2.78. The first-order valence-corrected chi connectivity index (χ1v) is 5.96. The van der Waals surface area contributed by atoms with E-state index in [0.717, 1.165) is 0 Å². The molecular formula is C6H10ClO3PS. The summed E-state index contributed by atoms with van der Waals surface area (Å²) in [6.07, 6.45) is 3.07. The molecule has 0 radical (unpaired) electrons. The maximum Gasteiger partial charge on any atom is 0.344 e. The van der Waals surface area contributed by atoms with Gasteiger partial charge in [-0.2, -0.15) is 4.08 Å². The Kier molecular flexibility index (Phi) is 6.95. The molecule has 0 N–H and O–H groups in total. The van der Waals surface area contributed by atoms with E-state index in [0.29, 0.717) is 0 Å². The smallest absolute Gasteiger partial charge is 0.304 e. The van der Waals surface area contributed by atoms with Crippen molar-refractivity contribution in [3.63, 3.8) is 0 Å². The van der Waals surface area contributed by atoms with Crippen LogP contribution >= 0.6 is 18.6 Å². The summed E-state index contributed by atoms with van der Waals surface area (Å²) in [4.78, 5) is 0. The van der Waals surface area contributed by atoms with Gasteiger partial charge in [-0.3, -0.25) is 0 Å². The Morgan fingerprint density at radius 1 is 1.25 bits per heavy atom. The van der Waals surface area contributed by atoms with Crippen molar-refractivity contribution >= 4 is 30.4 Å². The highest BCUT2D eigenvalue weighted by atomic mass is 35.5. The van der Waals surface area contributed by atoms with Crippen molar-refractivity contribution in [1.82, 2.24) is 0 Å². The van der Waals surface area contributed by atoms with Gasteiger partial charge in [0.1, 0.15) is 0 Å². The van der Waals surface area contributed by atoms with E-state index >= 15 is 0 Å². The highest BCUT2D eigenvalue weighted by molar-refractivity contribution is 8.07. The lowest BCUT2D eigenvalue weighted by Gasteiger charge is -2.15. The van der Waals surface area contributed by atoms with Gasteiger partial charge in [-0.05, 0) is 11.8 Å². The Morgan fingerprint density at radius 3 is 1.92 bits per heavy atom. The van der Waals surface area contributed by atoms with Crippen LogP contribution in [0.15, 0.2) is 25.3 Å². The third kappa shape index (κ3) is 5.04. The van der Waals surface area contributed by atoms with E-state index in [2.05, 4.69) is 17.2 Å². The summed E-state index contributed by atoms with van der Waals surface area (Å²) in [5.74, 6) is 0. The van der Waals surface area contributed by atoms with E-state index < -0.39 is 6.72 Å². The number of hydrogen-bond acceptors (Lipinski definition) is 4. The first kappa shape index (κ1) is 12.3. The molecule has 0 aliphatic heterocycles. The molecule has 0 heterocycles. The van der Waals surface area contributed by atoms with E-state index in [9.17, 15) is 0 Å². The minimum Gasteiger partial charge on any atom is -0.304 e. The van der Waals surface area contributed by atoms with Gasteiger partial charge in [-0.15, -0.1) is 13.2 Å². The van der Waals surface area contributed by atoms with Gasteiger partial charge in [0.25, 0.3) is 0 Å². The van der Waals surface area contributed by atoms with Gasteiger partial charge in [0, 0.05) is 0 Å². The number of hydrogen-bond donors (Lipinski definition) is 0. The monoisotopic (exact) mass is 228 g/mol. The average Bonchev–Trinajstić information content (AvgIpc) is 2.11. The molecule has 0 rings (SSSR count). The van der Waals surface area contributed by atoms with E-state index in [4.69, 9.17) is 32.7 Å². The molecule has 70 valence electrons. The second-order valence-corrected chi connectivity index (χ2v) is 4.99. The fourth-order valence-electron chi connectivity index (χ4n) is 0.365. The minimum absolute atomic E-state index is 0.251. The maximum atomic E-state index is 5.11. The fraction of sp³-hybridized carbons (Fsp3) is 0.333. The van der Waals surface area contributed by atoms with E-state index in [1.54, 1.807) is 0 Å². The van der Waals surface area contributed by atoms with Crippen molar-refractivity contribution in [1.29, 1.82) is 0 Å². The third-order valence-electron chi connectivity index (χ3n) is 0.786. The molecule has 0 saturated carbocycles. The van der Waals surface area contributed by atoms with Crippen LogP contribution in [0.1, 0.15) is 0 Å². The molecule has 0 atom stereocenters. The van der Waals surface area contributed by atoms with Crippen molar-refractivity contribution in [2.24, 2.45) is 0 Å². The Bertz CT molecular complexity index is 181. The van der Waals surface area contributed by atoms with Gasteiger partial charge in [0.15, 0.2) is 0 Å². The van der Waals surface area contributed by atoms with E-state index in [-0.39, 0.29) is 13.2 Å². The number of rotatable bonds is 7. The van der Waals surface area contributed by atoms with Gasteiger partial charge in [-0.25, -0.2) is 0 Å². The Hall–Kier alpha value is 0.300. The maximum absolute atomic E-state index is 5.11. The molecular weight excluding hydrogens is 219 g/mol. The van der Waals surface area contributed by atoms with Crippen LogP contribution in [0.3, 0.4) is 0 Å². The second kappa shape index (κ2) is 6.78. The topological polar surface area (TPSA) is 27.7 Å². The predicted octanol–water partition coefficient (Wildman–Crippen LogP) is 2.79. The zero-order valence-corrected chi connectivity index (χ0v) is 8.91. The zero-order chi connectivity index (χ0) is 9.45. The molecule has 3 nitrogen and oxygen atoms in total. The van der Waals surface area contributed by atoms with Gasteiger partial charge >= 0.3 is 6.72 Å². The van der Waals surface area contributed by atoms with Crippen LogP contribution in [-0.4, -0.2) is 13.2 Å². The molecule has 0 unspecified atom stereocenters. The normalized spacial score (nSPS) is 11.1. The highest BCUT2D eigenvalue weighted by Crippen LogP contribution is 2.50. The van der Waals surface area contributed by atoms with Crippen LogP contribution in [0.4, 0.5) is 0 Å². The van der Waals surface area contributed by atoms with Gasteiger partial charge < -0.3 is 9.05 Å². The average molecular weight is 229 g/mol. The molecule has 0 aromatic heterocycles. The molecule has 0 aliphatic carbocycles. The summed E-state index contributed by atoms with van der Waals surface area (Å²) in [5, 5.41) is 0. The Morgan fingerprint density at radius 2 is 1.67 bits per heavy atom. The van der Waals surface area contributed by atoms with E-state index in [1.165, 1.54) is 12.2 Å². The Balaban J connectivity index is 3.94. The van der Waals surface area contributed by atoms with Crippen molar-refractivity contribution < 1.29 is 13.1 Å². The summed E-state index contributed by atoms with van der Waals surface area (Å²) in [7, 11) is 0. The lowest BCUT2D eigenvalue weighted by molar-refractivity contribution is 0.239. The summed E-state index contributed by atoms with van der Waals surface area (Å²) in [6.45, 7) is 4.63. The zero-order valence-electron chi connectivity index (χ0n) is 6.44. The molecule has 0 saturated heterocycles. The SMILES string of the molecule is C=CCOP(=S)(OCl)OCC=C. The van der Waals surface area contributed by atoms with Crippen molar-refractivity contribution in [2.75, 3.05) is 13.2 Å². The first-order valence-electron chi connectivity index (χ1n) is 3.09. The molecule has 0 amide bonds. The second-order valence-electron chi connectivity index (χ2n) is 1.69. The fourth-order valence-corrected chi connectivity index (χ4v) is 1.70. The quantitative estimate of drug-likeness (QED) is 0.495. The van der Waals surface area contributed by atoms with Crippen LogP contribution in [-0.2, 0) is 24.9 Å². The Labute approximate surface area is 82.4 Å². The van der Waals surface area contributed by atoms with Crippen molar-refractivity contribution in [2.45, 2.75) is 0 Å². The van der Waals surface area contributed by atoms with Crippen LogP contribution in [0.5, 0.6) is 0 Å². The highest BCUT2D eigenvalue weighted by Gasteiger charge is 2.18. The summed E-state index contributed by atoms with van der Waals surface area (Å²) in [6, 6.07) is 0. The van der Waals surface area contributed by atoms with Crippen LogP contribution in [0.2, 0.25) is 0 Å². The largest absolute Gasteiger partial charge is 0.344 e. The molecule has 0 spiro atoms.